The minimum Gasteiger partial charge on any atom is -0.464 e. The smallest absolute Gasteiger partial charge is 0.257 e. The van der Waals surface area contributed by atoms with Gasteiger partial charge in [-0.1, -0.05) is 15.9 Å². The largest absolute Gasteiger partial charge is 0.464 e. The highest BCUT2D eigenvalue weighted by atomic mass is 79.9. The van der Waals surface area contributed by atoms with Crippen molar-refractivity contribution in [2.75, 3.05) is 27.2 Å². The molecule has 0 spiro atoms. The fourth-order valence-corrected chi connectivity index (χ4v) is 2.50. The molecule has 0 bridgehead atoms. The first kappa shape index (κ1) is 17.7. The topological polar surface area (TPSA) is 36.7 Å². The second-order valence-electron chi connectivity index (χ2n) is 5.67. The quantitative estimate of drug-likeness (QED) is 0.764. The number of nitrogens with zero attached hydrogens (tertiary/aromatic N) is 2. The van der Waals surface area contributed by atoms with E-state index in [1.165, 1.54) is 12.1 Å². The summed E-state index contributed by atoms with van der Waals surface area (Å²) in [5.41, 5.74) is 0.0650. The fourth-order valence-electron chi connectivity index (χ4n) is 2.16. The van der Waals surface area contributed by atoms with Crippen LogP contribution in [0.2, 0.25) is 0 Å². The molecule has 2 rings (SSSR count). The third-order valence-electron chi connectivity index (χ3n) is 3.41. The van der Waals surface area contributed by atoms with Crippen LogP contribution in [0.25, 0.3) is 0 Å². The molecule has 4 nitrogen and oxygen atoms in total. The Bertz CT molecular complexity index is 685. The summed E-state index contributed by atoms with van der Waals surface area (Å²) in [6, 6.07) is 8.15. The molecule has 1 aromatic heterocycles. The molecule has 6 heteroatoms. The third kappa shape index (κ3) is 4.91. The number of amides is 1. The van der Waals surface area contributed by atoms with Gasteiger partial charge in [0.2, 0.25) is 0 Å². The van der Waals surface area contributed by atoms with Crippen LogP contribution in [0.4, 0.5) is 4.39 Å². The minimum absolute atomic E-state index is 0.0650. The SMILES string of the molecule is Cc1ccc(CN(CCN(C)C)C(=O)c2ccc(Br)cc2F)o1. The van der Waals surface area contributed by atoms with E-state index < -0.39 is 5.82 Å². The first-order valence-electron chi connectivity index (χ1n) is 7.31. The lowest BCUT2D eigenvalue weighted by atomic mass is 10.2. The molecule has 0 N–H and O–H groups in total. The van der Waals surface area contributed by atoms with E-state index in [4.69, 9.17) is 4.42 Å². The van der Waals surface area contributed by atoms with Crippen LogP contribution >= 0.6 is 15.9 Å². The number of likely N-dealkylation sites (N-methyl/N-ethyl adjacent to an activating group) is 1. The van der Waals surface area contributed by atoms with Crippen molar-refractivity contribution in [3.05, 3.63) is 57.7 Å². The predicted octanol–water partition coefficient (Wildman–Crippen LogP) is 3.69. The Morgan fingerprint density at radius 2 is 1.96 bits per heavy atom. The van der Waals surface area contributed by atoms with Gasteiger partial charge in [-0.15, -0.1) is 0 Å². The van der Waals surface area contributed by atoms with Crippen molar-refractivity contribution in [1.29, 1.82) is 0 Å². The molecule has 0 atom stereocenters. The second-order valence-corrected chi connectivity index (χ2v) is 6.58. The molecule has 1 heterocycles. The second kappa shape index (κ2) is 7.75. The van der Waals surface area contributed by atoms with Gasteiger partial charge in [-0.25, -0.2) is 4.39 Å². The average Bonchev–Trinajstić information content (AvgIpc) is 2.88. The molecular weight excluding hydrogens is 363 g/mol. The van der Waals surface area contributed by atoms with Gasteiger partial charge in [0.1, 0.15) is 17.3 Å². The van der Waals surface area contributed by atoms with Crippen molar-refractivity contribution in [3.8, 4) is 0 Å². The van der Waals surface area contributed by atoms with Crippen LogP contribution in [0.5, 0.6) is 0 Å². The van der Waals surface area contributed by atoms with Gasteiger partial charge < -0.3 is 14.2 Å². The molecule has 23 heavy (non-hydrogen) atoms. The van der Waals surface area contributed by atoms with E-state index in [2.05, 4.69) is 15.9 Å². The summed E-state index contributed by atoms with van der Waals surface area (Å²) < 4.78 is 20.2. The number of furan rings is 1. The van der Waals surface area contributed by atoms with Crippen LogP contribution in [-0.2, 0) is 6.54 Å². The number of hydrogen-bond acceptors (Lipinski definition) is 3. The lowest BCUT2D eigenvalue weighted by Gasteiger charge is -2.24. The molecule has 2 aromatic rings. The van der Waals surface area contributed by atoms with E-state index in [1.807, 2.05) is 38.1 Å². The highest BCUT2D eigenvalue weighted by Gasteiger charge is 2.21. The molecule has 0 radical (unpaired) electrons. The molecule has 1 aromatic carbocycles. The normalized spacial score (nSPS) is 11.0. The van der Waals surface area contributed by atoms with Gasteiger partial charge >= 0.3 is 0 Å². The van der Waals surface area contributed by atoms with Gasteiger partial charge in [-0.05, 0) is 51.4 Å². The van der Waals surface area contributed by atoms with E-state index in [0.29, 0.717) is 29.9 Å². The van der Waals surface area contributed by atoms with E-state index in [9.17, 15) is 9.18 Å². The van der Waals surface area contributed by atoms with E-state index in [0.717, 1.165) is 5.76 Å². The molecule has 1 amide bonds. The van der Waals surface area contributed by atoms with Crippen LogP contribution < -0.4 is 0 Å². The van der Waals surface area contributed by atoms with Gasteiger partial charge in [0.05, 0.1) is 12.1 Å². The molecule has 0 aliphatic heterocycles. The first-order valence-corrected chi connectivity index (χ1v) is 8.10. The molecule has 0 aliphatic rings. The predicted molar refractivity (Wildman–Crippen MR) is 90.8 cm³/mol. The number of hydrogen-bond donors (Lipinski definition) is 0. The van der Waals surface area contributed by atoms with Crippen LogP contribution in [0.15, 0.2) is 39.2 Å². The fraction of sp³-hybridized carbons (Fsp3) is 0.353. The Morgan fingerprint density at radius 1 is 1.22 bits per heavy atom. The lowest BCUT2D eigenvalue weighted by molar-refractivity contribution is 0.0714. The summed E-state index contributed by atoms with van der Waals surface area (Å²) in [7, 11) is 3.86. The van der Waals surface area contributed by atoms with Crippen molar-refractivity contribution in [3.63, 3.8) is 0 Å². The standard InChI is InChI=1S/C17H20BrFN2O2/c1-12-4-6-14(23-12)11-21(9-8-20(2)3)17(22)15-7-5-13(18)10-16(15)19/h4-7,10H,8-9,11H2,1-3H3. The number of aryl methyl sites for hydroxylation is 1. The highest BCUT2D eigenvalue weighted by molar-refractivity contribution is 9.10. The van der Waals surface area contributed by atoms with Crippen LogP contribution in [0, 0.1) is 12.7 Å². The molecular formula is C17H20BrFN2O2. The van der Waals surface area contributed by atoms with Gasteiger partial charge in [0.15, 0.2) is 0 Å². The highest BCUT2D eigenvalue weighted by Crippen LogP contribution is 2.18. The molecule has 0 fully saturated rings. The monoisotopic (exact) mass is 382 g/mol. The number of rotatable bonds is 6. The van der Waals surface area contributed by atoms with Crippen molar-refractivity contribution in [2.45, 2.75) is 13.5 Å². The Morgan fingerprint density at radius 3 is 2.52 bits per heavy atom. The Labute approximate surface area is 144 Å². The summed E-state index contributed by atoms with van der Waals surface area (Å²) >= 11 is 3.20. The van der Waals surface area contributed by atoms with Gasteiger partial charge in [0, 0.05) is 17.6 Å². The van der Waals surface area contributed by atoms with Crippen molar-refractivity contribution >= 4 is 21.8 Å². The zero-order valence-corrected chi connectivity index (χ0v) is 15.1. The maximum Gasteiger partial charge on any atom is 0.257 e. The molecule has 0 unspecified atom stereocenters. The number of carbonyl (C=O) groups is 1. The van der Waals surface area contributed by atoms with Crippen molar-refractivity contribution in [2.24, 2.45) is 0 Å². The van der Waals surface area contributed by atoms with Crippen LogP contribution in [0.3, 0.4) is 0 Å². The Hall–Kier alpha value is -1.66. The maximum absolute atomic E-state index is 14.1. The first-order chi connectivity index (χ1) is 10.9. The molecule has 124 valence electrons. The number of carbonyl (C=O) groups excluding carboxylic acids is 1. The third-order valence-corrected chi connectivity index (χ3v) is 3.90. The Kier molecular flexibility index (Phi) is 5.96. The zero-order valence-electron chi connectivity index (χ0n) is 13.5. The molecule has 0 saturated heterocycles. The molecule has 0 aliphatic carbocycles. The summed E-state index contributed by atoms with van der Waals surface area (Å²) in [5, 5.41) is 0. The summed E-state index contributed by atoms with van der Waals surface area (Å²) in [5.74, 6) is 0.600. The van der Waals surface area contributed by atoms with Crippen LogP contribution in [-0.4, -0.2) is 42.9 Å². The van der Waals surface area contributed by atoms with Gasteiger partial charge in [-0.3, -0.25) is 4.79 Å². The maximum atomic E-state index is 14.1. The van der Waals surface area contributed by atoms with Gasteiger partial charge in [0.25, 0.3) is 5.91 Å². The van der Waals surface area contributed by atoms with Crippen LogP contribution in [0.1, 0.15) is 21.9 Å². The number of benzene rings is 1. The summed E-state index contributed by atoms with van der Waals surface area (Å²) in [4.78, 5) is 16.3. The number of halogens is 2. The average molecular weight is 383 g/mol. The van der Waals surface area contributed by atoms with Crippen molar-refractivity contribution in [1.82, 2.24) is 9.80 Å². The zero-order chi connectivity index (χ0) is 17.0. The summed E-state index contributed by atoms with van der Waals surface area (Å²) in [6.45, 7) is 3.34. The Balaban J connectivity index is 2.22. The molecule has 0 saturated carbocycles. The van der Waals surface area contributed by atoms with Gasteiger partial charge in [-0.2, -0.15) is 0 Å². The minimum atomic E-state index is -0.533. The van der Waals surface area contributed by atoms with E-state index in [1.54, 1.807) is 11.0 Å². The summed E-state index contributed by atoms with van der Waals surface area (Å²) in [6.07, 6.45) is 0. The van der Waals surface area contributed by atoms with Crippen molar-refractivity contribution < 1.29 is 13.6 Å². The lowest BCUT2D eigenvalue weighted by Crippen LogP contribution is -2.36. The van der Waals surface area contributed by atoms with E-state index >= 15 is 0 Å². The van der Waals surface area contributed by atoms with E-state index in [-0.39, 0.29) is 11.5 Å².